The summed E-state index contributed by atoms with van der Waals surface area (Å²) in [4.78, 5) is 21.5. The van der Waals surface area contributed by atoms with E-state index < -0.39 is 0 Å². The van der Waals surface area contributed by atoms with Gasteiger partial charge in [0.05, 0.1) is 0 Å². The van der Waals surface area contributed by atoms with Crippen LogP contribution in [0.25, 0.3) is 0 Å². The molecule has 0 aromatic rings. The van der Waals surface area contributed by atoms with Crippen molar-refractivity contribution in [2.45, 2.75) is 58.8 Å². The maximum absolute atomic E-state index is 11.0. The highest BCUT2D eigenvalue weighted by Crippen LogP contribution is 2.06. The molecule has 1 N–H and O–H groups in total. The van der Waals surface area contributed by atoms with Gasteiger partial charge in [0.2, 0.25) is 5.91 Å². The van der Waals surface area contributed by atoms with E-state index in [1.54, 1.807) is 0 Å². The molecule has 0 aliphatic carbocycles. The van der Waals surface area contributed by atoms with E-state index in [-0.39, 0.29) is 5.91 Å². The lowest BCUT2D eigenvalue weighted by Gasteiger charge is -2.02. The first-order valence-corrected chi connectivity index (χ1v) is 5.93. The molecule has 0 bridgehead atoms. The molecule has 0 unspecified atom stereocenters. The van der Waals surface area contributed by atoms with E-state index in [1.165, 1.54) is 6.92 Å². The molecule has 0 saturated carbocycles. The summed E-state index contributed by atoms with van der Waals surface area (Å²) in [5.41, 5.74) is 0. The zero-order valence-corrected chi connectivity index (χ0v) is 9.97. The molecule has 0 heterocycles. The average Bonchev–Trinajstić information content (AvgIpc) is 2.21. The van der Waals surface area contributed by atoms with Crippen LogP contribution in [0.5, 0.6) is 0 Å². The van der Waals surface area contributed by atoms with Crippen LogP contribution in [-0.2, 0) is 9.59 Å². The molecule has 88 valence electrons. The van der Waals surface area contributed by atoms with E-state index in [1.807, 2.05) is 6.92 Å². The van der Waals surface area contributed by atoms with Crippen molar-refractivity contribution in [3.05, 3.63) is 0 Å². The van der Waals surface area contributed by atoms with Gasteiger partial charge in [-0.05, 0) is 12.8 Å². The molecule has 0 atom stereocenters. The molecule has 0 fully saturated rings. The quantitative estimate of drug-likeness (QED) is 0.598. The molecule has 0 aliphatic heterocycles. The van der Waals surface area contributed by atoms with Crippen molar-refractivity contribution in [3.8, 4) is 0 Å². The molecule has 0 rings (SSSR count). The largest absolute Gasteiger partial charge is 0.356 e. The smallest absolute Gasteiger partial charge is 0.216 e. The Balaban J connectivity index is 3.05. The molecular weight excluding hydrogens is 190 g/mol. The third kappa shape index (κ3) is 11.1. The van der Waals surface area contributed by atoms with Gasteiger partial charge in [0.1, 0.15) is 5.78 Å². The van der Waals surface area contributed by atoms with Crippen LogP contribution >= 0.6 is 0 Å². The Hall–Kier alpha value is -0.860. The minimum atomic E-state index is 0.0449. The zero-order valence-electron chi connectivity index (χ0n) is 9.97. The highest BCUT2D eigenvalue weighted by molar-refractivity contribution is 5.77. The maximum Gasteiger partial charge on any atom is 0.216 e. The molecule has 0 aromatic heterocycles. The maximum atomic E-state index is 11.0. The molecular formula is C12H23NO2. The number of amides is 1. The second-order valence-electron chi connectivity index (χ2n) is 3.89. The standard InChI is InChI=1S/C12H23NO2/c1-3-12(15)9-7-5-4-6-8-10-13-11(2)14/h3-10H2,1-2H3,(H,13,14). The molecule has 15 heavy (non-hydrogen) atoms. The van der Waals surface area contributed by atoms with Crippen molar-refractivity contribution in [1.82, 2.24) is 5.32 Å². The Morgan fingerprint density at radius 1 is 1.00 bits per heavy atom. The molecule has 0 spiro atoms. The normalized spacial score (nSPS) is 10.0. The minimum Gasteiger partial charge on any atom is -0.356 e. The van der Waals surface area contributed by atoms with Crippen LogP contribution in [-0.4, -0.2) is 18.2 Å². The summed E-state index contributed by atoms with van der Waals surface area (Å²) >= 11 is 0. The molecule has 3 nitrogen and oxygen atoms in total. The van der Waals surface area contributed by atoms with Crippen molar-refractivity contribution in [2.75, 3.05) is 6.54 Å². The van der Waals surface area contributed by atoms with Crippen LogP contribution in [0.3, 0.4) is 0 Å². The van der Waals surface area contributed by atoms with Crippen LogP contribution in [0.2, 0.25) is 0 Å². The SMILES string of the molecule is CCC(=O)CCCCCCCNC(C)=O. The number of Topliss-reactive ketones (excluding diaryl/α,β-unsaturated/α-hetero) is 1. The third-order valence-corrected chi connectivity index (χ3v) is 2.40. The molecule has 0 aromatic carbocycles. The summed E-state index contributed by atoms with van der Waals surface area (Å²) in [7, 11) is 0. The van der Waals surface area contributed by atoms with E-state index in [9.17, 15) is 9.59 Å². The van der Waals surface area contributed by atoms with Gasteiger partial charge in [0, 0.05) is 26.3 Å². The first-order chi connectivity index (χ1) is 7.16. The number of nitrogens with one attached hydrogen (secondary N) is 1. The van der Waals surface area contributed by atoms with Gasteiger partial charge in [-0.25, -0.2) is 0 Å². The second-order valence-corrected chi connectivity index (χ2v) is 3.89. The number of carbonyl (C=O) groups is 2. The lowest BCUT2D eigenvalue weighted by molar-refractivity contribution is -0.119. The number of carbonyl (C=O) groups excluding carboxylic acids is 2. The summed E-state index contributed by atoms with van der Waals surface area (Å²) < 4.78 is 0. The molecule has 0 aliphatic rings. The van der Waals surface area contributed by atoms with Gasteiger partial charge in [0.25, 0.3) is 0 Å². The van der Waals surface area contributed by atoms with Gasteiger partial charge < -0.3 is 5.32 Å². The number of unbranched alkanes of at least 4 members (excludes halogenated alkanes) is 4. The number of hydrogen-bond donors (Lipinski definition) is 1. The zero-order chi connectivity index (χ0) is 11.5. The first kappa shape index (κ1) is 14.1. The topological polar surface area (TPSA) is 46.2 Å². The van der Waals surface area contributed by atoms with Crippen LogP contribution in [0.1, 0.15) is 58.8 Å². The molecule has 3 heteroatoms. The van der Waals surface area contributed by atoms with E-state index in [4.69, 9.17) is 0 Å². The van der Waals surface area contributed by atoms with Gasteiger partial charge in [-0.3, -0.25) is 9.59 Å². The minimum absolute atomic E-state index is 0.0449. The van der Waals surface area contributed by atoms with Gasteiger partial charge in [0.15, 0.2) is 0 Å². The van der Waals surface area contributed by atoms with Gasteiger partial charge in [-0.15, -0.1) is 0 Å². The van der Waals surface area contributed by atoms with Crippen molar-refractivity contribution < 1.29 is 9.59 Å². The fourth-order valence-corrected chi connectivity index (χ4v) is 1.42. The fraction of sp³-hybridized carbons (Fsp3) is 0.833. The van der Waals surface area contributed by atoms with Crippen LogP contribution in [0, 0.1) is 0 Å². The highest BCUT2D eigenvalue weighted by Gasteiger charge is 1.97. The fourth-order valence-electron chi connectivity index (χ4n) is 1.42. The summed E-state index contributed by atoms with van der Waals surface area (Å²) in [5.74, 6) is 0.414. The Kier molecular flexibility index (Phi) is 9.13. The number of ketones is 1. The number of rotatable bonds is 9. The summed E-state index contributed by atoms with van der Waals surface area (Å²) in [6.07, 6.45) is 6.90. The second kappa shape index (κ2) is 9.69. The predicted molar refractivity (Wildman–Crippen MR) is 61.7 cm³/mol. The lowest BCUT2D eigenvalue weighted by atomic mass is 10.1. The van der Waals surface area contributed by atoms with Crippen LogP contribution in [0.4, 0.5) is 0 Å². The highest BCUT2D eigenvalue weighted by atomic mass is 16.1. The summed E-state index contributed by atoms with van der Waals surface area (Å²) in [5, 5.41) is 2.77. The Bertz CT molecular complexity index is 190. The summed E-state index contributed by atoms with van der Waals surface area (Å²) in [6, 6.07) is 0. The van der Waals surface area contributed by atoms with E-state index in [0.717, 1.165) is 45.1 Å². The van der Waals surface area contributed by atoms with Crippen LogP contribution in [0.15, 0.2) is 0 Å². The third-order valence-electron chi connectivity index (χ3n) is 2.40. The molecule has 1 amide bonds. The van der Waals surface area contributed by atoms with Gasteiger partial charge in [-0.2, -0.15) is 0 Å². The number of hydrogen-bond acceptors (Lipinski definition) is 2. The Morgan fingerprint density at radius 3 is 2.20 bits per heavy atom. The Labute approximate surface area is 92.6 Å². The van der Waals surface area contributed by atoms with Gasteiger partial charge in [-0.1, -0.05) is 26.2 Å². The summed E-state index contributed by atoms with van der Waals surface area (Å²) in [6.45, 7) is 4.23. The first-order valence-electron chi connectivity index (χ1n) is 5.93. The van der Waals surface area contributed by atoms with Crippen molar-refractivity contribution in [3.63, 3.8) is 0 Å². The van der Waals surface area contributed by atoms with Crippen molar-refractivity contribution in [2.24, 2.45) is 0 Å². The van der Waals surface area contributed by atoms with E-state index in [0.29, 0.717) is 12.2 Å². The van der Waals surface area contributed by atoms with Gasteiger partial charge >= 0.3 is 0 Å². The van der Waals surface area contributed by atoms with E-state index in [2.05, 4.69) is 5.32 Å². The van der Waals surface area contributed by atoms with Crippen molar-refractivity contribution in [1.29, 1.82) is 0 Å². The monoisotopic (exact) mass is 213 g/mol. The van der Waals surface area contributed by atoms with E-state index >= 15 is 0 Å². The van der Waals surface area contributed by atoms with Crippen LogP contribution < -0.4 is 5.32 Å². The molecule has 0 radical (unpaired) electrons. The Morgan fingerprint density at radius 2 is 1.60 bits per heavy atom. The van der Waals surface area contributed by atoms with Crippen molar-refractivity contribution >= 4 is 11.7 Å². The predicted octanol–water partition coefficient (Wildman–Crippen LogP) is 2.44. The average molecular weight is 213 g/mol. The molecule has 0 saturated heterocycles. The lowest BCUT2D eigenvalue weighted by Crippen LogP contribution is -2.20.